The molecule has 1 aliphatic rings. The summed E-state index contributed by atoms with van der Waals surface area (Å²) in [7, 11) is 0. The van der Waals surface area contributed by atoms with Crippen molar-refractivity contribution in [1.29, 1.82) is 0 Å². The second-order valence-corrected chi connectivity index (χ2v) is 5.99. The number of hydrogen-bond donors (Lipinski definition) is 1. The van der Waals surface area contributed by atoms with Gasteiger partial charge in [0.25, 0.3) is 0 Å². The molecule has 0 spiro atoms. The van der Waals surface area contributed by atoms with Crippen molar-refractivity contribution in [3.63, 3.8) is 0 Å². The van der Waals surface area contributed by atoms with Gasteiger partial charge in [0.15, 0.2) is 0 Å². The molecule has 1 N–H and O–H groups in total. The predicted molar refractivity (Wildman–Crippen MR) is 65.7 cm³/mol. The van der Waals surface area contributed by atoms with E-state index in [1.807, 2.05) is 0 Å². The summed E-state index contributed by atoms with van der Waals surface area (Å²) in [6.45, 7) is 9.12. The van der Waals surface area contributed by atoms with E-state index in [0.717, 1.165) is 18.3 Å². The minimum Gasteiger partial charge on any atom is -0.393 e. The molecule has 0 heterocycles. The summed E-state index contributed by atoms with van der Waals surface area (Å²) >= 11 is 0. The molecule has 0 radical (unpaired) electrons. The first-order valence-corrected chi connectivity index (χ1v) is 6.70. The fourth-order valence-electron chi connectivity index (χ4n) is 3.09. The van der Waals surface area contributed by atoms with Gasteiger partial charge >= 0.3 is 0 Å². The molecule has 90 valence electrons. The number of aliphatic hydroxyl groups is 1. The average molecular weight is 212 g/mol. The Balaban J connectivity index is 2.40. The zero-order valence-corrected chi connectivity index (χ0v) is 10.9. The zero-order valence-electron chi connectivity index (χ0n) is 10.9. The van der Waals surface area contributed by atoms with Crippen LogP contribution in [0, 0.1) is 23.7 Å². The molecule has 0 aromatic carbocycles. The quantitative estimate of drug-likeness (QED) is 0.750. The Morgan fingerprint density at radius 2 is 1.67 bits per heavy atom. The van der Waals surface area contributed by atoms with Gasteiger partial charge in [-0.3, -0.25) is 0 Å². The summed E-state index contributed by atoms with van der Waals surface area (Å²) in [6.07, 6.45) is 5.97. The molecule has 0 bridgehead atoms. The van der Waals surface area contributed by atoms with Crippen LogP contribution < -0.4 is 0 Å². The van der Waals surface area contributed by atoms with Gasteiger partial charge in [0, 0.05) is 0 Å². The van der Waals surface area contributed by atoms with Crippen LogP contribution in [0.4, 0.5) is 0 Å². The SMILES string of the molecule is CCC(C)CC(O)C1CC(C)CC(C)C1. The van der Waals surface area contributed by atoms with E-state index in [4.69, 9.17) is 0 Å². The van der Waals surface area contributed by atoms with Crippen molar-refractivity contribution in [3.8, 4) is 0 Å². The maximum absolute atomic E-state index is 10.2. The molecule has 0 aromatic rings. The Morgan fingerprint density at radius 3 is 2.13 bits per heavy atom. The third-order valence-electron chi connectivity index (χ3n) is 4.10. The van der Waals surface area contributed by atoms with Crippen LogP contribution in [0.5, 0.6) is 0 Å². The number of aliphatic hydroxyl groups excluding tert-OH is 1. The second kappa shape index (κ2) is 5.89. The third kappa shape index (κ3) is 4.14. The Kier molecular flexibility index (Phi) is 5.11. The molecule has 1 saturated carbocycles. The van der Waals surface area contributed by atoms with Crippen molar-refractivity contribution in [1.82, 2.24) is 0 Å². The van der Waals surface area contributed by atoms with E-state index in [0.29, 0.717) is 11.8 Å². The normalized spacial score (nSPS) is 36.2. The molecule has 15 heavy (non-hydrogen) atoms. The van der Waals surface area contributed by atoms with Crippen LogP contribution >= 0.6 is 0 Å². The molecule has 0 aromatic heterocycles. The zero-order chi connectivity index (χ0) is 11.4. The van der Waals surface area contributed by atoms with Gasteiger partial charge in [-0.05, 0) is 49.4 Å². The van der Waals surface area contributed by atoms with E-state index < -0.39 is 0 Å². The highest BCUT2D eigenvalue weighted by Gasteiger charge is 2.29. The van der Waals surface area contributed by atoms with Gasteiger partial charge in [0.2, 0.25) is 0 Å². The van der Waals surface area contributed by atoms with Crippen LogP contribution in [0.3, 0.4) is 0 Å². The predicted octanol–water partition coefficient (Wildman–Crippen LogP) is 3.86. The first-order valence-electron chi connectivity index (χ1n) is 6.70. The van der Waals surface area contributed by atoms with E-state index in [2.05, 4.69) is 27.7 Å². The van der Waals surface area contributed by atoms with Crippen molar-refractivity contribution in [2.75, 3.05) is 0 Å². The van der Waals surface area contributed by atoms with E-state index >= 15 is 0 Å². The topological polar surface area (TPSA) is 20.2 Å². The molecule has 0 saturated heterocycles. The highest BCUT2D eigenvalue weighted by atomic mass is 16.3. The summed E-state index contributed by atoms with van der Waals surface area (Å²) in [4.78, 5) is 0. The van der Waals surface area contributed by atoms with Gasteiger partial charge in [0.05, 0.1) is 6.10 Å². The first kappa shape index (κ1) is 13.0. The molecule has 0 aliphatic heterocycles. The fraction of sp³-hybridized carbons (Fsp3) is 1.00. The van der Waals surface area contributed by atoms with Crippen molar-refractivity contribution in [2.45, 2.75) is 65.9 Å². The van der Waals surface area contributed by atoms with Gasteiger partial charge in [0.1, 0.15) is 0 Å². The summed E-state index contributed by atoms with van der Waals surface area (Å²) in [5.74, 6) is 2.86. The molecular formula is C14H28O. The average Bonchev–Trinajstić information content (AvgIpc) is 2.16. The van der Waals surface area contributed by atoms with Crippen molar-refractivity contribution < 1.29 is 5.11 Å². The maximum atomic E-state index is 10.2. The van der Waals surface area contributed by atoms with Crippen LogP contribution in [0.15, 0.2) is 0 Å². The largest absolute Gasteiger partial charge is 0.393 e. The van der Waals surface area contributed by atoms with E-state index in [9.17, 15) is 5.11 Å². The van der Waals surface area contributed by atoms with E-state index in [-0.39, 0.29) is 6.10 Å². The maximum Gasteiger partial charge on any atom is 0.0571 e. The standard InChI is InChI=1S/C14H28O/c1-5-10(2)9-14(15)13-7-11(3)6-12(4)8-13/h10-15H,5-9H2,1-4H3. The van der Waals surface area contributed by atoms with Crippen LogP contribution in [0.2, 0.25) is 0 Å². The summed E-state index contributed by atoms with van der Waals surface area (Å²) in [5, 5.41) is 10.2. The van der Waals surface area contributed by atoms with Gasteiger partial charge in [-0.2, -0.15) is 0 Å². The molecule has 1 fully saturated rings. The highest BCUT2D eigenvalue weighted by Crippen LogP contribution is 2.36. The summed E-state index contributed by atoms with van der Waals surface area (Å²) in [5.41, 5.74) is 0. The molecule has 1 rings (SSSR count). The lowest BCUT2D eigenvalue weighted by atomic mass is 9.73. The van der Waals surface area contributed by atoms with Crippen LogP contribution in [-0.2, 0) is 0 Å². The summed E-state index contributed by atoms with van der Waals surface area (Å²) < 4.78 is 0. The molecule has 4 unspecified atom stereocenters. The molecule has 1 nitrogen and oxygen atoms in total. The van der Waals surface area contributed by atoms with Crippen molar-refractivity contribution in [3.05, 3.63) is 0 Å². The van der Waals surface area contributed by atoms with Crippen LogP contribution in [0.1, 0.15) is 59.8 Å². The molecule has 0 amide bonds. The van der Waals surface area contributed by atoms with E-state index in [1.165, 1.54) is 25.7 Å². The highest BCUT2D eigenvalue weighted by molar-refractivity contribution is 4.80. The Labute approximate surface area is 95.3 Å². The van der Waals surface area contributed by atoms with Crippen molar-refractivity contribution >= 4 is 0 Å². The lowest BCUT2D eigenvalue weighted by Gasteiger charge is -2.35. The Morgan fingerprint density at radius 1 is 1.13 bits per heavy atom. The van der Waals surface area contributed by atoms with Gasteiger partial charge < -0.3 is 5.11 Å². The Hall–Kier alpha value is -0.0400. The second-order valence-electron chi connectivity index (χ2n) is 5.99. The third-order valence-corrected chi connectivity index (χ3v) is 4.10. The minimum absolute atomic E-state index is 0.0508. The van der Waals surface area contributed by atoms with Gasteiger partial charge in [-0.1, -0.05) is 34.1 Å². The van der Waals surface area contributed by atoms with Gasteiger partial charge in [-0.15, -0.1) is 0 Å². The summed E-state index contributed by atoms with van der Waals surface area (Å²) in [6, 6.07) is 0. The lowest BCUT2D eigenvalue weighted by Crippen LogP contribution is -2.30. The number of rotatable bonds is 4. The smallest absolute Gasteiger partial charge is 0.0571 e. The molecule has 4 atom stereocenters. The Bertz CT molecular complexity index is 168. The van der Waals surface area contributed by atoms with Crippen LogP contribution in [-0.4, -0.2) is 11.2 Å². The number of hydrogen-bond acceptors (Lipinski definition) is 1. The monoisotopic (exact) mass is 212 g/mol. The van der Waals surface area contributed by atoms with Crippen molar-refractivity contribution in [2.24, 2.45) is 23.7 Å². The molecular weight excluding hydrogens is 184 g/mol. The fourth-order valence-corrected chi connectivity index (χ4v) is 3.09. The first-order chi connectivity index (χ1) is 7.02. The lowest BCUT2D eigenvalue weighted by molar-refractivity contribution is 0.0392. The van der Waals surface area contributed by atoms with Crippen LogP contribution in [0.25, 0.3) is 0 Å². The minimum atomic E-state index is -0.0508. The molecule has 1 heteroatoms. The van der Waals surface area contributed by atoms with E-state index in [1.54, 1.807) is 0 Å². The molecule has 1 aliphatic carbocycles. The van der Waals surface area contributed by atoms with Gasteiger partial charge in [-0.25, -0.2) is 0 Å².